The number of carbonyl (C=O) groups excluding carboxylic acids is 1. The molecule has 0 aliphatic carbocycles. The average molecular weight is 377 g/mol. The first-order chi connectivity index (χ1) is 12.5. The molecule has 2 N–H and O–H groups in total. The lowest BCUT2D eigenvalue weighted by molar-refractivity contribution is -0.132. The number of likely N-dealkylation sites (tertiary alicyclic amines) is 1. The third-order valence-corrected chi connectivity index (χ3v) is 5.24. The average Bonchev–Trinajstić information content (AvgIpc) is 3.11. The molecule has 0 radical (unpaired) electrons. The van der Waals surface area contributed by atoms with Crippen LogP contribution in [0.4, 0.5) is 0 Å². The number of aryl methyl sites for hydroxylation is 1. The van der Waals surface area contributed by atoms with E-state index in [1.807, 2.05) is 24.0 Å². The molecule has 1 aromatic carbocycles. The summed E-state index contributed by atoms with van der Waals surface area (Å²) in [5.74, 6) is 1.83. The fourth-order valence-corrected chi connectivity index (χ4v) is 3.42. The lowest BCUT2D eigenvalue weighted by Gasteiger charge is -2.33. The first-order valence-electron chi connectivity index (χ1n) is 9.15. The lowest BCUT2D eigenvalue weighted by atomic mass is 9.91. The van der Waals surface area contributed by atoms with Gasteiger partial charge in [-0.3, -0.25) is 4.79 Å². The van der Waals surface area contributed by atoms with Gasteiger partial charge in [0.2, 0.25) is 17.6 Å². The van der Waals surface area contributed by atoms with Crippen molar-refractivity contribution in [3.05, 3.63) is 35.2 Å². The second-order valence-electron chi connectivity index (χ2n) is 6.95. The number of carbonyl (C=O) groups is 1. The number of nitrogens with zero attached hydrogens (tertiary/aromatic N) is 3. The summed E-state index contributed by atoms with van der Waals surface area (Å²) in [4.78, 5) is 18.7. The Morgan fingerprint density at radius 2 is 2.04 bits per heavy atom. The molecule has 1 saturated heterocycles. The summed E-state index contributed by atoms with van der Waals surface area (Å²) in [5, 5.41) is 4.66. The largest absolute Gasteiger partial charge is 0.343 e. The van der Waals surface area contributed by atoms with Crippen molar-refractivity contribution in [1.82, 2.24) is 15.0 Å². The molecule has 2 heterocycles. The van der Waals surface area contributed by atoms with E-state index >= 15 is 0 Å². The minimum absolute atomic E-state index is 0.200. The van der Waals surface area contributed by atoms with Gasteiger partial charge in [0.1, 0.15) is 0 Å². The third kappa shape index (κ3) is 4.83. The Bertz CT molecular complexity index is 721. The molecule has 0 bridgehead atoms. The number of hydrogen-bond donors (Lipinski definition) is 1. The van der Waals surface area contributed by atoms with Gasteiger partial charge in [-0.05, 0) is 56.4 Å². The molecule has 1 aliphatic rings. The summed E-state index contributed by atoms with van der Waals surface area (Å²) in [6.07, 6.45) is 3.80. The highest BCUT2D eigenvalue weighted by Crippen LogP contribution is 2.21. The molecule has 1 amide bonds. The maximum absolute atomic E-state index is 12.3. The van der Waals surface area contributed by atoms with Crippen LogP contribution in [-0.2, 0) is 11.2 Å². The van der Waals surface area contributed by atoms with E-state index in [0.29, 0.717) is 41.9 Å². The van der Waals surface area contributed by atoms with Gasteiger partial charge in [0.15, 0.2) is 0 Å². The van der Waals surface area contributed by atoms with Crippen LogP contribution in [0.5, 0.6) is 0 Å². The van der Waals surface area contributed by atoms with Crippen LogP contribution in [0, 0.1) is 5.92 Å². The smallest absolute Gasteiger partial charge is 0.226 e. The number of piperidine rings is 1. The maximum atomic E-state index is 12.3. The standard InChI is InChI=1S/C19H25ClN4O2/c1-13(21)14-9-11-24(12-10-14)18(25)4-2-3-17-22-19(23-26-17)15-5-7-16(20)8-6-15/h5-8,13-14H,2-4,9-12,21H2,1H3. The minimum Gasteiger partial charge on any atom is -0.343 e. The van der Waals surface area contributed by atoms with Crippen molar-refractivity contribution in [3.8, 4) is 11.4 Å². The van der Waals surface area contributed by atoms with Gasteiger partial charge in [-0.25, -0.2) is 0 Å². The normalized spacial score (nSPS) is 16.7. The summed E-state index contributed by atoms with van der Waals surface area (Å²) < 4.78 is 5.28. The second kappa shape index (κ2) is 8.64. The molecule has 26 heavy (non-hydrogen) atoms. The summed E-state index contributed by atoms with van der Waals surface area (Å²) >= 11 is 5.88. The van der Waals surface area contributed by atoms with E-state index < -0.39 is 0 Å². The van der Waals surface area contributed by atoms with E-state index in [2.05, 4.69) is 10.1 Å². The molecule has 7 heteroatoms. The van der Waals surface area contributed by atoms with Crippen molar-refractivity contribution in [3.63, 3.8) is 0 Å². The quantitative estimate of drug-likeness (QED) is 0.835. The van der Waals surface area contributed by atoms with Gasteiger partial charge in [0.05, 0.1) is 0 Å². The van der Waals surface area contributed by atoms with Crippen LogP contribution in [0.15, 0.2) is 28.8 Å². The molecule has 2 aromatic rings. The Morgan fingerprint density at radius 1 is 1.35 bits per heavy atom. The summed E-state index contributed by atoms with van der Waals surface area (Å²) in [7, 11) is 0. The monoisotopic (exact) mass is 376 g/mol. The highest BCUT2D eigenvalue weighted by atomic mass is 35.5. The summed E-state index contributed by atoms with van der Waals surface area (Å²) in [6.45, 7) is 3.67. The van der Waals surface area contributed by atoms with Gasteiger partial charge in [-0.2, -0.15) is 4.98 Å². The fourth-order valence-electron chi connectivity index (χ4n) is 3.30. The molecule has 3 rings (SSSR count). The molecular formula is C19H25ClN4O2. The lowest BCUT2D eigenvalue weighted by Crippen LogP contribution is -2.42. The minimum atomic E-state index is 0.200. The highest BCUT2D eigenvalue weighted by Gasteiger charge is 2.24. The molecule has 6 nitrogen and oxygen atoms in total. The molecule has 140 valence electrons. The van der Waals surface area contributed by atoms with Gasteiger partial charge < -0.3 is 15.2 Å². The van der Waals surface area contributed by atoms with Crippen molar-refractivity contribution in [2.75, 3.05) is 13.1 Å². The molecule has 1 aromatic heterocycles. The number of hydrogen-bond acceptors (Lipinski definition) is 5. The van der Waals surface area contributed by atoms with Crippen molar-refractivity contribution in [2.24, 2.45) is 11.7 Å². The van der Waals surface area contributed by atoms with Crippen LogP contribution in [0.25, 0.3) is 11.4 Å². The van der Waals surface area contributed by atoms with E-state index in [4.69, 9.17) is 21.9 Å². The Balaban J connectivity index is 1.44. The topological polar surface area (TPSA) is 85.2 Å². The van der Waals surface area contributed by atoms with Crippen LogP contribution in [0.2, 0.25) is 5.02 Å². The van der Waals surface area contributed by atoms with Crippen LogP contribution in [-0.4, -0.2) is 40.1 Å². The predicted molar refractivity (Wildman–Crippen MR) is 101 cm³/mol. The first kappa shape index (κ1) is 18.9. The summed E-state index contributed by atoms with van der Waals surface area (Å²) in [6, 6.07) is 7.50. The molecule has 1 atom stereocenters. The highest BCUT2D eigenvalue weighted by molar-refractivity contribution is 6.30. The van der Waals surface area contributed by atoms with Crippen molar-refractivity contribution >= 4 is 17.5 Å². The van der Waals surface area contributed by atoms with Gasteiger partial charge >= 0.3 is 0 Å². The van der Waals surface area contributed by atoms with Crippen molar-refractivity contribution in [2.45, 2.75) is 45.1 Å². The Hall–Kier alpha value is -1.92. The van der Waals surface area contributed by atoms with E-state index in [1.165, 1.54) is 0 Å². The molecule has 0 spiro atoms. The molecule has 1 fully saturated rings. The van der Waals surface area contributed by atoms with Crippen LogP contribution in [0.3, 0.4) is 0 Å². The van der Waals surface area contributed by atoms with Crippen LogP contribution >= 0.6 is 11.6 Å². The predicted octanol–water partition coefficient (Wildman–Crippen LogP) is 3.30. The number of amides is 1. The second-order valence-corrected chi connectivity index (χ2v) is 7.39. The van der Waals surface area contributed by atoms with Crippen LogP contribution < -0.4 is 5.73 Å². The van der Waals surface area contributed by atoms with Crippen molar-refractivity contribution in [1.29, 1.82) is 0 Å². The molecule has 1 aliphatic heterocycles. The molecular weight excluding hydrogens is 352 g/mol. The number of aromatic nitrogens is 2. The SMILES string of the molecule is CC(N)C1CCN(C(=O)CCCc2nc(-c3ccc(Cl)cc3)no2)CC1. The van der Waals surface area contributed by atoms with Gasteiger partial charge in [-0.1, -0.05) is 16.8 Å². The molecule has 1 unspecified atom stereocenters. The Morgan fingerprint density at radius 3 is 2.69 bits per heavy atom. The van der Waals surface area contributed by atoms with Gasteiger partial charge in [0.25, 0.3) is 0 Å². The van der Waals surface area contributed by atoms with Gasteiger partial charge in [0, 0.05) is 42.6 Å². The van der Waals surface area contributed by atoms with Gasteiger partial charge in [-0.15, -0.1) is 0 Å². The number of benzene rings is 1. The number of nitrogens with two attached hydrogens (primary N) is 1. The van der Waals surface area contributed by atoms with Crippen molar-refractivity contribution < 1.29 is 9.32 Å². The number of halogens is 1. The van der Waals surface area contributed by atoms with E-state index in [-0.39, 0.29) is 11.9 Å². The van der Waals surface area contributed by atoms with Crippen LogP contribution in [0.1, 0.15) is 38.5 Å². The van der Waals surface area contributed by atoms with E-state index in [0.717, 1.165) is 31.5 Å². The zero-order valence-corrected chi connectivity index (χ0v) is 15.8. The molecule has 0 saturated carbocycles. The fraction of sp³-hybridized carbons (Fsp3) is 0.526. The summed E-state index contributed by atoms with van der Waals surface area (Å²) in [5.41, 5.74) is 6.81. The Labute approximate surface area is 158 Å². The zero-order chi connectivity index (χ0) is 18.5. The first-order valence-corrected chi connectivity index (χ1v) is 9.52. The third-order valence-electron chi connectivity index (χ3n) is 4.99. The maximum Gasteiger partial charge on any atom is 0.226 e. The number of rotatable bonds is 6. The van der Waals surface area contributed by atoms with E-state index in [9.17, 15) is 4.79 Å². The zero-order valence-electron chi connectivity index (χ0n) is 15.0. The Kier molecular flexibility index (Phi) is 6.27. The van der Waals surface area contributed by atoms with E-state index in [1.54, 1.807) is 12.1 Å².